The molecule has 0 saturated heterocycles. The number of aromatic nitrogens is 2. The fourth-order valence-electron chi connectivity index (χ4n) is 2.90. The molecule has 2 aromatic carbocycles. The number of nitro benzene ring substituents is 1. The number of rotatable bonds is 8. The van der Waals surface area contributed by atoms with Crippen LogP contribution in [-0.2, 0) is 11.2 Å². The van der Waals surface area contributed by atoms with Crippen molar-refractivity contribution in [2.75, 3.05) is 6.54 Å². The summed E-state index contributed by atoms with van der Waals surface area (Å²) in [6.07, 6.45) is 3.72. The summed E-state index contributed by atoms with van der Waals surface area (Å²) in [5, 5.41) is 14.8. The third-order valence-corrected chi connectivity index (χ3v) is 4.47. The monoisotopic (exact) mass is 406 g/mol. The van der Waals surface area contributed by atoms with Gasteiger partial charge in [-0.15, -0.1) is 0 Å². The zero-order valence-electron chi connectivity index (χ0n) is 16.8. The molecule has 0 fully saturated rings. The highest BCUT2D eigenvalue weighted by Crippen LogP contribution is 2.21. The van der Waals surface area contributed by atoms with Gasteiger partial charge in [0.25, 0.3) is 5.69 Å². The van der Waals surface area contributed by atoms with Crippen molar-refractivity contribution in [1.29, 1.82) is 0 Å². The predicted molar refractivity (Wildman–Crippen MR) is 112 cm³/mol. The number of nitrogens with zero attached hydrogens (tertiary/aromatic N) is 4. The molecule has 1 amide bonds. The van der Waals surface area contributed by atoms with Crippen molar-refractivity contribution in [1.82, 2.24) is 15.0 Å². The highest BCUT2D eigenvalue weighted by molar-refractivity contribution is 5.92. The lowest BCUT2D eigenvalue weighted by Crippen LogP contribution is -2.37. The molecule has 1 aromatic heterocycles. The molecule has 0 bridgehead atoms. The van der Waals surface area contributed by atoms with Crippen LogP contribution in [0.25, 0.3) is 17.5 Å². The van der Waals surface area contributed by atoms with Gasteiger partial charge in [-0.25, -0.2) is 0 Å². The van der Waals surface area contributed by atoms with Crippen LogP contribution in [0.4, 0.5) is 5.69 Å². The molecule has 0 N–H and O–H groups in total. The molecule has 0 aliphatic rings. The molecule has 154 valence electrons. The van der Waals surface area contributed by atoms with E-state index in [0.717, 1.165) is 5.56 Å². The summed E-state index contributed by atoms with van der Waals surface area (Å²) in [6, 6.07) is 15.7. The Labute approximate surface area is 174 Å². The average Bonchev–Trinajstić information content (AvgIpc) is 3.22. The number of hydrogen-bond donors (Lipinski definition) is 0. The number of carbonyl (C=O) groups is 1. The van der Waals surface area contributed by atoms with Crippen LogP contribution in [0.1, 0.15) is 25.3 Å². The van der Waals surface area contributed by atoms with Gasteiger partial charge in [-0.1, -0.05) is 47.6 Å². The third-order valence-electron chi connectivity index (χ3n) is 4.47. The van der Waals surface area contributed by atoms with E-state index >= 15 is 0 Å². The summed E-state index contributed by atoms with van der Waals surface area (Å²) < 4.78 is 5.27. The van der Waals surface area contributed by atoms with Crippen molar-refractivity contribution >= 4 is 17.7 Å². The van der Waals surface area contributed by atoms with Gasteiger partial charge in [0, 0.05) is 42.8 Å². The van der Waals surface area contributed by atoms with E-state index in [1.165, 1.54) is 12.1 Å². The largest absolute Gasteiger partial charge is 0.339 e. The van der Waals surface area contributed by atoms with Gasteiger partial charge in [0.1, 0.15) is 0 Å². The maximum absolute atomic E-state index is 12.6. The lowest BCUT2D eigenvalue weighted by atomic mass is 10.2. The van der Waals surface area contributed by atoms with E-state index in [1.54, 1.807) is 29.2 Å². The molecule has 0 spiro atoms. The van der Waals surface area contributed by atoms with Crippen molar-refractivity contribution in [2.24, 2.45) is 0 Å². The van der Waals surface area contributed by atoms with E-state index in [4.69, 9.17) is 4.52 Å². The summed E-state index contributed by atoms with van der Waals surface area (Å²) in [7, 11) is 0. The van der Waals surface area contributed by atoms with Crippen molar-refractivity contribution < 1.29 is 14.2 Å². The van der Waals surface area contributed by atoms with Crippen LogP contribution >= 0.6 is 0 Å². The Morgan fingerprint density at radius 2 is 1.97 bits per heavy atom. The van der Waals surface area contributed by atoms with E-state index in [2.05, 4.69) is 10.1 Å². The van der Waals surface area contributed by atoms with Crippen LogP contribution in [0.2, 0.25) is 0 Å². The number of benzene rings is 2. The Hall–Kier alpha value is -3.81. The highest BCUT2D eigenvalue weighted by atomic mass is 16.6. The van der Waals surface area contributed by atoms with Crippen molar-refractivity contribution in [3.05, 3.63) is 82.2 Å². The standard InChI is InChI=1S/C22H22N4O4/c1-16(2)25(21(27)12-11-17-7-4-3-5-8-17)14-13-20-23-22(24-30-20)18-9-6-10-19(15-18)26(28)29/h3-12,15-16H,13-14H2,1-2H3/b12-11+. The normalized spacial score (nSPS) is 11.2. The van der Waals surface area contributed by atoms with Gasteiger partial charge in [-0.05, 0) is 25.5 Å². The topological polar surface area (TPSA) is 102 Å². The number of non-ortho nitro benzene ring substituents is 1. The molecular formula is C22H22N4O4. The molecular weight excluding hydrogens is 384 g/mol. The first-order chi connectivity index (χ1) is 14.4. The van der Waals surface area contributed by atoms with Crippen LogP contribution in [0.15, 0.2) is 65.2 Å². The quantitative estimate of drug-likeness (QED) is 0.316. The molecule has 0 unspecified atom stereocenters. The van der Waals surface area contributed by atoms with Crippen LogP contribution in [0.5, 0.6) is 0 Å². The second-order valence-corrected chi connectivity index (χ2v) is 6.94. The minimum Gasteiger partial charge on any atom is -0.339 e. The molecule has 30 heavy (non-hydrogen) atoms. The zero-order chi connectivity index (χ0) is 21.5. The zero-order valence-corrected chi connectivity index (χ0v) is 16.8. The molecule has 0 atom stereocenters. The van der Waals surface area contributed by atoms with E-state index in [-0.39, 0.29) is 23.5 Å². The van der Waals surface area contributed by atoms with Crippen LogP contribution in [0, 0.1) is 10.1 Å². The number of hydrogen-bond acceptors (Lipinski definition) is 6. The molecule has 8 heteroatoms. The smallest absolute Gasteiger partial charge is 0.270 e. The van der Waals surface area contributed by atoms with Gasteiger partial charge in [-0.2, -0.15) is 4.98 Å². The minimum atomic E-state index is -0.473. The number of amides is 1. The molecule has 3 aromatic rings. The first-order valence-corrected chi connectivity index (χ1v) is 9.55. The number of nitro groups is 1. The summed E-state index contributed by atoms with van der Waals surface area (Å²) in [5.74, 6) is 0.536. The predicted octanol–water partition coefficient (Wildman–Crippen LogP) is 4.14. The minimum absolute atomic E-state index is 0.00270. The average molecular weight is 406 g/mol. The first-order valence-electron chi connectivity index (χ1n) is 9.55. The van der Waals surface area contributed by atoms with Crippen molar-refractivity contribution in [3.8, 4) is 11.4 Å². The van der Waals surface area contributed by atoms with E-state index < -0.39 is 4.92 Å². The maximum Gasteiger partial charge on any atom is 0.270 e. The summed E-state index contributed by atoms with van der Waals surface area (Å²) >= 11 is 0. The van der Waals surface area contributed by atoms with Crippen LogP contribution < -0.4 is 0 Å². The molecule has 0 aliphatic carbocycles. The van der Waals surface area contributed by atoms with Gasteiger partial charge in [-0.3, -0.25) is 14.9 Å². The fraction of sp³-hybridized carbons (Fsp3) is 0.227. The van der Waals surface area contributed by atoms with E-state index in [0.29, 0.717) is 24.4 Å². The molecule has 8 nitrogen and oxygen atoms in total. The molecule has 0 radical (unpaired) electrons. The van der Waals surface area contributed by atoms with Gasteiger partial charge in [0.05, 0.1) is 4.92 Å². The Bertz CT molecular complexity index is 1040. The van der Waals surface area contributed by atoms with E-state index in [9.17, 15) is 14.9 Å². The Morgan fingerprint density at radius 3 is 2.67 bits per heavy atom. The van der Waals surface area contributed by atoms with E-state index in [1.807, 2.05) is 44.2 Å². The molecule has 0 saturated carbocycles. The number of carbonyl (C=O) groups excluding carboxylic acids is 1. The van der Waals surface area contributed by atoms with Crippen molar-refractivity contribution in [3.63, 3.8) is 0 Å². The third kappa shape index (κ3) is 5.38. The Kier molecular flexibility index (Phi) is 6.69. The lowest BCUT2D eigenvalue weighted by molar-refractivity contribution is -0.384. The van der Waals surface area contributed by atoms with Gasteiger partial charge >= 0.3 is 0 Å². The van der Waals surface area contributed by atoms with Gasteiger partial charge < -0.3 is 9.42 Å². The highest BCUT2D eigenvalue weighted by Gasteiger charge is 2.17. The second-order valence-electron chi connectivity index (χ2n) is 6.94. The van der Waals surface area contributed by atoms with Gasteiger partial charge in [0.15, 0.2) is 0 Å². The molecule has 3 rings (SSSR count). The van der Waals surface area contributed by atoms with Crippen LogP contribution in [-0.4, -0.2) is 38.5 Å². The SMILES string of the molecule is CC(C)N(CCc1nc(-c2cccc([N+](=O)[O-])c2)no1)C(=O)/C=C/c1ccccc1. The molecule has 0 aliphatic heterocycles. The summed E-state index contributed by atoms with van der Waals surface area (Å²) in [4.78, 5) is 29.1. The first kappa shape index (κ1) is 20.9. The second kappa shape index (κ2) is 9.60. The summed E-state index contributed by atoms with van der Waals surface area (Å²) in [6.45, 7) is 4.29. The fourth-order valence-corrected chi connectivity index (χ4v) is 2.90. The Morgan fingerprint density at radius 1 is 1.20 bits per heavy atom. The summed E-state index contributed by atoms with van der Waals surface area (Å²) in [5.41, 5.74) is 1.41. The van der Waals surface area contributed by atoms with Gasteiger partial charge in [0.2, 0.25) is 17.6 Å². The van der Waals surface area contributed by atoms with Crippen LogP contribution in [0.3, 0.4) is 0 Å². The Balaban J connectivity index is 1.66. The lowest BCUT2D eigenvalue weighted by Gasteiger charge is -2.24. The van der Waals surface area contributed by atoms with Crippen molar-refractivity contribution in [2.45, 2.75) is 26.3 Å². The maximum atomic E-state index is 12.6. The molecule has 1 heterocycles.